The predicted octanol–water partition coefficient (Wildman–Crippen LogP) is 3.44. The van der Waals surface area contributed by atoms with Crippen molar-refractivity contribution in [2.24, 2.45) is 5.41 Å². The van der Waals surface area contributed by atoms with Crippen molar-refractivity contribution in [1.82, 2.24) is 10.2 Å². The zero-order chi connectivity index (χ0) is 15.0. The molecule has 1 aromatic rings. The molecule has 0 bridgehead atoms. The van der Waals surface area contributed by atoms with E-state index < -0.39 is 11.6 Å². The van der Waals surface area contributed by atoms with Gasteiger partial charge in [-0.3, -0.25) is 0 Å². The summed E-state index contributed by atoms with van der Waals surface area (Å²) in [6, 6.07) is 3.87. The molecule has 0 heterocycles. The number of halogens is 2. The number of rotatable bonds is 3. The minimum absolute atomic E-state index is 0.145. The van der Waals surface area contributed by atoms with Crippen LogP contribution >= 0.6 is 0 Å². The number of nitrogens with zero attached hydrogens (tertiary/aromatic N) is 1. The lowest BCUT2D eigenvalue weighted by atomic mass is 10.1. The molecule has 2 fully saturated rings. The number of urea groups is 1. The SMILES string of the molecule is CN(Cc1ccc(F)c(F)c1)C(=O)NC1CC12CCCC2. The molecule has 0 aliphatic heterocycles. The average molecular weight is 294 g/mol. The highest BCUT2D eigenvalue weighted by Crippen LogP contribution is 2.57. The quantitative estimate of drug-likeness (QED) is 0.910. The molecule has 5 heteroatoms. The second-order valence-corrected chi connectivity index (χ2v) is 6.38. The lowest BCUT2D eigenvalue weighted by Gasteiger charge is -2.19. The molecule has 1 aromatic carbocycles. The summed E-state index contributed by atoms with van der Waals surface area (Å²) in [5.74, 6) is -1.75. The minimum atomic E-state index is -0.881. The Kier molecular flexibility index (Phi) is 3.59. The minimum Gasteiger partial charge on any atom is -0.335 e. The Morgan fingerprint density at radius 3 is 2.71 bits per heavy atom. The number of hydrogen-bond acceptors (Lipinski definition) is 1. The topological polar surface area (TPSA) is 32.3 Å². The Balaban J connectivity index is 1.54. The molecule has 0 aromatic heterocycles. The predicted molar refractivity (Wildman–Crippen MR) is 75.7 cm³/mol. The van der Waals surface area contributed by atoms with Gasteiger partial charge in [-0.1, -0.05) is 18.9 Å². The number of carbonyl (C=O) groups excluding carboxylic acids is 1. The van der Waals surface area contributed by atoms with E-state index in [0.717, 1.165) is 18.6 Å². The first-order chi connectivity index (χ1) is 10.00. The van der Waals surface area contributed by atoms with Gasteiger partial charge in [0.15, 0.2) is 11.6 Å². The fourth-order valence-corrected chi connectivity index (χ4v) is 3.43. The molecule has 3 nitrogen and oxygen atoms in total. The van der Waals surface area contributed by atoms with Crippen LogP contribution in [0.4, 0.5) is 13.6 Å². The first-order valence-electron chi connectivity index (χ1n) is 7.46. The largest absolute Gasteiger partial charge is 0.335 e. The Bertz CT molecular complexity index is 555. The van der Waals surface area contributed by atoms with E-state index in [1.54, 1.807) is 7.05 Å². The molecule has 1 atom stereocenters. The smallest absolute Gasteiger partial charge is 0.317 e. The molecule has 1 spiro atoms. The first-order valence-corrected chi connectivity index (χ1v) is 7.46. The summed E-state index contributed by atoms with van der Waals surface area (Å²) >= 11 is 0. The van der Waals surface area contributed by atoms with Crippen LogP contribution in [-0.2, 0) is 6.54 Å². The number of hydrogen-bond donors (Lipinski definition) is 1. The van der Waals surface area contributed by atoms with Crippen LogP contribution in [0.5, 0.6) is 0 Å². The molecule has 2 amide bonds. The summed E-state index contributed by atoms with van der Waals surface area (Å²) in [4.78, 5) is 13.6. The fraction of sp³-hybridized carbons (Fsp3) is 0.562. The van der Waals surface area contributed by atoms with E-state index in [1.807, 2.05) is 0 Å². The number of carbonyl (C=O) groups is 1. The van der Waals surface area contributed by atoms with Gasteiger partial charge in [0, 0.05) is 19.6 Å². The van der Waals surface area contributed by atoms with Crippen LogP contribution in [0.3, 0.4) is 0 Å². The van der Waals surface area contributed by atoms with Crippen molar-refractivity contribution in [2.75, 3.05) is 7.05 Å². The molecule has 1 N–H and O–H groups in total. The van der Waals surface area contributed by atoms with Crippen LogP contribution in [0.25, 0.3) is 0 Å². The van der Waals surface area contributed by atoms with Gasteiger partial charge in [0.1, 0.15) is 0 Å². The molecular weight excluding hydrogens is 274 g/mol. The van der Waals surface area contributed by atoms with Crippen LogP contribution in [0, 0.1) is 17.0 Å². The molecule has 21 heavy (non-hydrogen) atoms. The van der Waals surface area contributed by atoms with E-state index in [1.165, 1.54) is 36.6 Å². The van der Waals surface area contributed by atoms with Gasteiger partial charge in [-0.15, -0.1) is 0 Å². The van der Waals surface area contributed by atoms with Crippen molar-refractivity contribution in [3.05, 3.63) is 35.4 Å². The van der Waals surface area contributed by atoms with Gasteiger partial charge in [-0.05, 0) is 42.4 Å². The van der Waals surface area contributed by atoms with Crippen molar-refractivity contribution in [3.63, 3.8) is 0 Å². The van der Waals surface area contributed by atoms with Crippen molar-refractivity contribution in [1.29, 1.82) is 0 Å². The molecule has 3 rings (SSSR count). The molecular formula is C16H20F2N2O. The van der Waals surface area contributed by atoms with Gasteiger partial charge < -0.3 is 10.2 Å². The Hall–Kier alpha value is -1.65. The molecule has 114 valence electrons. The molecule has 2 saturated carbocycles. The maximum Gasteiger partial charge on any atom is 0.317 e. The summed E-state index contributed by atoms with van der Waals surface area (Å²) in [7, 11) is 1.67. The lowest BCUT2D eigenvalue weighted by Crippen LogP contribution is -2.39. The first kappa shape index (κ1) is 14.3. The van der Waals surface area contributed by atoms with Gasteiger partial charge in [0.25, 0.3) is 0 Å². The third-order valence-corrected chi connectivity index (χ3v) is 4.84. The van der Waals surface area contributed by atoms with Gasteiger partial charge in [-0.2, -0.15) is 0 Å². The summed E-state index contributed by atoms with van der Waals surface area (Å²) in [6.07, 6.45) is 6.03. The van der Waals surface area contributed by atoms with E-state index in [-0.39, 0.29) is 12.6 Å². The second kappa shape index (κ2) is 5.28. The standard InChI is InChI=1S/C16H20F2N2O/c1-20(10-11-4-5-12(17)13(18)8-11)15(21)19-14-9-16(14)6-2-3-7-16/h4-5,8,14H,2-3,6-7,9-10H2,1H3,(H,19,21). The summed E-state index contributed by atoms with van der Waals surface area (Å²) in [5.41, 5.74) is 0.941. The summed E-state index contributed by atoms with van der Waals surface area (Å²) < 4.78 is 26.0. The summed E-state index contributed by atoms with van der Waals surface area (Å²) in [5, 5.41) is 3.05. The van der Waals surface area contributed by atoms with E-state index in [2.05, 4.69) is 5.32 Å². The highest BCUT2D eigenvalue weighted by Gasteiger charge is 2.55. The molecule has 2 aliphatic rings. The third kappa shape index (κ3) is 2.87. The molecule has 0 saturated heterocycles. The van der Waals surface area contributed by atoms with Gasteiger partial charge in [0.2, 0.25) is 0 Å². The highest BCUT2D eigenvalue weighted by atomic mass is 19.2. The van der Waals surface area contributed by atoms with E-state index >= 15 is 0 Å². The number of benzene rings is 1. The number of amides is 2. The Labute approximate surface area is 123 Å². The highest BCUT2D eigenvalue weighted by molar-refractivity contribution is 5.74. The molecule has 1 unspecified atom stereocenters. The van der Waals surface area contributed by atoms with Gasteiger partial charge >= 0.3 is 6.03 Å². The van der Waals surface area contributed by atoms with Crippen molar-refractivity contribution in [3.8, 4) is 0 Å². The van der Waals surface area contributed by atoms with Crippen LogP contribution in [0.15, 0.2) is 18.2 Å². The molecule has 0 radical (unpaired) electrons. The van der Waals surface area contributed by atoms with Crippen LogP contribution in [0.2, 0.25) is 0 Å². The Morgan fingerprint density at radius 1 is 1.33 bits per heavy atom. The number of nitrogens with one attached hydrogen (secondary N) is 1. The van der Waals surface area contributed by atoms with Crippen molar-refractivity contribution >= 4 is 6.03 Å². The zero-order valence-electron chi connectivity index (χ0n) is 12.2. The molecule has 2 aliphatic carbocycles. The van der Waals surface area contributed by atoms with Crippen LogP contribution < -0.4 is 5.32 Å². The van der Waals surface area contributed by atoms with Crippen molar-refractivity contribution in [2.45, 2.75) is 44.7 Å². The van der Waals surface area contributed by atoms with Crippen molar-refractivity contribution < 1.29 is 13.6 Å². The van der Waals surface area contributed by atoms with E-state index in [9.17, 15) is 13.6 Å². The van der Waals surface area contributed by atoms with Gasteiger partial charge in [-0.25, -0.2) is 13.6 Å². The second-order valence-electron chi connectivity index (χ2n) is 6.38. The normalized spacial score (nSPS) is 22.3. The zero-order valence-corrected chi connectivity index (χ0v) is 12.2. The Morgan fingerprint density at radius 2 is 2.05 bits per heavy atom. The third-order valence-electron chi connectivity index (χ3n) is 4.84. The fourth-order valence-electron chi connectivity index (χ4n) is 3.43. The van der Waals surface area contributed by atoms with E-state index in [0.29, 0.717) is 17.0 Å². The monoisotopic (exact) mass is 294 g/mol. The average Bonchev–Trinajstić information content (AvgIpc) is 2.88. The van der Waals surface area contributed by atoms with Crippen LogP contribution in [-0.4, -0.2) is 24.0 Å². The van der Waals surface area contributed by atoms with Crippen LogP contribution in [0.1, 0.15) is 37.7 Å². The maximum atomic E-state index is 13.2. The maximum absolute atomic E-state index is 13.2. The lowest BCUT2D eigenvalue weighted by molar-refractivity contribution is 0.204. The van der Waals surface area contributed by atoms with E-state index in [4.69, 9.17) is 0 Å². The summed E-state index contributed by atoms with van der Waals surface area (Å²) in [6.45, 7) is 0.267. The van der Waals surface area contributed by atoms with Gasteiger partial charge in [0.05, 0.1) is 0 Å².